The normalized spacial score (nSPS) is 13.6. The molecule has 6 aromatic heterocycles. The maximum Gasteiger partial charge on any atom is 0.227 e. The number of aromatic nitrogens is 8. The molecule has 3 N–H and O–H groups in total. The van der Waals surface area contributed by atoms with Gasteiger partial charge in [0.05, 0.1) is 34.8 Å². The number of amides is 1. The molecule has 0 unspecified atom stereocenters. The number of fused-ring (bicyclic) bond motifs is 2. The number of imidazole rings is 1. The van der Waals surface area contributed by atoms with Crippen molar-refractivity contribution in [1.82, 2.24) is 40.1 Å². The molecule has 0 spiro atoms. The van der Waals surface area contributed by atoms with Gasteiger partial charge in [0.1, 0.15) is 5.69 Å². The fourth-order valence-corrected chi connectivity index (χ4v) is 4.60. The Kier molecular flexibility index (Phi) is 4.95. The molecule has 0 atom stereocenters. The molecule has 6 heterocycles. The highest BCUT2D eigenvalue weighted by Crippen LogP contribution is 2.32. The Bertz CT molecular complexity index is 1770. The quantitative estimate of drug-likeness (QED) is 0.319. The van der Waals surface area contributed by atoms with Crippen LogP contribution in [0.5, 0.6) is 0 Å². The molecule has 10 nitrogen and oxygen atoms in total. The second-order valence-electron chi connectivity index (χ2n) is 9.15. The van der Waals surface area contributed by atoms with Crippen molar-refractivity contribution in [1.29, 1.82) is 0 Å². The summed E-state index contributed by atoms with van der Waals surface area (Å²) in [7, 11) is 0. The van der Waals surface area contributed by atoms with Gasteiger partial charge < -0.3 is 10.3 Å². The number of aromatic amines is 2. The number of rotatable bonds is 5. The minimum Gasteiger partial charge on any atom is -0.335 e. The summed E-state index contributed by atoms with van der Waals surface area (Å²) in [6, 6.07) is 9.68. The van der Waals surface area contributed by atoms with Crippen molar-refractivity contribution < 1.29 is 4.79 Å². The van der Waals surface area contributed by atoms with E-state index in [1.807, 2.05) is 36.5 Å². The number of H-pyrrole nitrogens is 2. The fourth-order valence-electron chi connectivity index (χ4n) is 4.60. The molecule has 0 bridgehead atoms. The molecular weight excluding hydrogens is 466 g/mol. The second kappa shape index (κ2) is 8.59. The van der Waals surface area contributed by atoms with E-state index in [2.05, 4.69) is 40.4 Å². The number of anilines is 1. The molecule has 6 aromatic rings. The van der Waals surface area contributed by atoms with Crippen LogP contribution >= 0.6 is 0 Å². The fraction of sp³-hybridized carbons (Fsp3) is 0.148. The van der Waals surface area contributed by atoms with Crippen LogP contribution in [-0.4, -0.2) is 46.0 Å². The van der Waals surface area contributed by atoms with Gasteiger partial charge in [0.15, 0.2) is 11.5 Å². The molecule has 180 valence electrons. The molecule has 1 aliphatic carbocycles. The van der Waals surface area contributed by atoms with E-state index < -0.39 is 0 Å². The molecule has 1 amide bonds. The summed E-state index contributed by atoms with van der Waals surface area (Å²) in [5.74, 6) is 0.750. The standard InChI is InChI=1S/C27H21N9O/c37-27(15-3-1-4-15)32-18-9-17(12-29-13-18)21-10-20-22(14-31-21)35-36-24(20)26-33-23-19(6-8-30-25(23)34-26)16-5-2-7-28-11-16/h2,5-15H,1,3-4H2,(H,32,37)(H,35,36)(H,30,33,34). The number of nitrogens with one attached hydrogen (secondary N) is 3. The number of carbonyl (C=O) groups is 1. The van der Waals surface area contributed by atoms with E-state index in [0.29, 0.717) is 28.5 Å². The Morgan fingerprint density at radius 3 is 2.73 bits per heavy atom. The van der Waals surface area contributed by atoms with Crippen LogP contribution in [0.3, 0.4) is 0 Å². The number of hydrogen-bond donors (Lipinski definition) is 3. The van der Waals surface area contributed by atoms with E-state index in [0.717, 1.165) is 52.4 Å². The SMILES string of the molecule is O=C(Nc1cncc(-c2cc3c(-c4nc5nccc(-c6cccnc6)c5[nH]4)n[nH]c3cn2)c1)C1CCC1. The molecule has 0 aliphatic heterocycles. The minimum absolute atomic E-state index is 0.0508. The number of pyridine rings is 4. The minimum atomic E-state index is 0.0508. The van der Waals surface area contributed by atoms with Crippen LogP contribution in [0, 0.1) is 5.92 Å². The van der Waals surface area contributed by atoms with E-state index in [1.165, 1.54) is 0 Å². The van der Waals surface area contributed by atoms with Gasteiger partial charge in [-0.1, -0.05) is 12.5 Å². The van der Waals surface area contributed by atoms with Gasteiger partial charge in [0.2, 0.25) is 5.91 Å². The number of carbonyl (C=O) groups excluding carboxylic acids is 1. The van der Waals surface area contributed by atoms with E-state index in [-0.39, 0.29) is 11.8 Å². The van der Waals surface area contributed by atoms with Crippen molar-refractivity contribution in [2.45, 2.75) is 19.3 Å². The molecule has 0 saturated heterocycles. The van der Waals surface area contributed by atoms with E-state index in [1.54, 1.807) is 31.0 Å². The average Bonchev–Trinajstić information content (AvgIpc) is 3.52. The predicted octanol–water partition coefficient (Wildman–Crippen LogP) is 4.76. The van der Waals surface area contributed by atoms with Crippen molar-refractivity contribution >= 4 is 33.7 Å². The van der Waals surface area contributed by atoms with Crippen LogP contribution < -0.4 is 5.32 Å². The van der Waals surface area contributed by atoms with Gasteiger partial charge in [-0.2, -0.15) is 5.10 Å². The third-order valence-corrected chi connectivity index (χ3v) is 6.81. The Hall–Kier alpha value is -4.99. The van der Waals surface area contributed by atoms with Gasteiger partial charge >= 0.3 is 0 Å². The lowest BCUT2D eigenvalue weighted by Crippen LogP contribution is -2.28. The highest BCUT2D eigenvalue weighted by atomic mass is 16.1. The lowest BCUT2D eigenvalue weighted by molar-refractivity contribution is -0.122. The van der Waals surface area contributed by atoms with Crippen LogP contribution in [-0.2, 0) is 4.79 Å². The lowest BCUT2D eigenvalue weighted by Gasteiger charge is -2.24. The summed E-state index contributed by atoms with van der Waals surface area (Å²) in [6.07, 6.45) is 13.4. The maximum absolute atomic E-state index is 12.4. The molecule has 1 aliphatic rings. The monoisotopic (exact) mass is 487 g/mol. The first-order chi connectivity index (χ1) is 18.2. The molecule has 0 aromatic carbocycles. The van der Waals surface area contributed by atoms with Gasteiger partial charge in [0.25, 0.3) is 0 Å². The first-order valence-electron chi connectivity index (χ1n) is 12.1. The highest BCUT2D eigenvalue weighted by Gasteiger charge is 2.25. The third kappa shape index (κ3) is 3.79. The van der Waals surface area contributed by atoms with Crippen LogP contribution in [0.2, 0.25) is 0 Å². The summed E-state index contributed by atoms with van der Waals surface area (Å²) < 4.78 is 0. The summed E-state index contributed by atoms with van der Waals surface area (Å²) in [6.45, 7) is 0. The first kappa shape index (κ1) is 21.3. The van der Waals surface area contributed by atoms with Crippen molar-refractivity contribution in [2.75, 3.05) is 5.32 Å². The highest BCUT2D eigenvalue weighted by molar-refractivity contribution is 5.97. The van der Waals surface area contributed by atoms with Gasteiger partial charge in [-0.3, -0.25) is 24.8 Å². The predicted molar refractivity (Wildman–Crippen MR) is 139 cm³/mol. The Balaban J connectivity index is 1.26. The molecule has 10 heteroatoms. The van der Waals surface area contributed by atoms with Crippen molar-refractivity contribution in [3.63, 3.8) is 0 Å². The Morgan fingerprint density at radius 1 is 0.973 bits per heavy atom. The van der Waals surface area contributed by atoms with Gasteiger partial charge in [-0.15, -0.1) is 0 Å². The summed E-state index contributed by atoms with van der Waals surface area (Å²) in [5, 5.41) is 11.4. The van der Waals surface area contributed by atoms with Gasteiger partial charge in [-0.25, -0.2) is 9.97 Å². The lowest BCUT2D eigenvalue weighted by atomic mass is 9.85. The number of nitrogens with zero attached hydrogens (tertiary/aromatic N) is 6. The molecule has 1 fully saturated rings. The molecule has 1 saturated carbocycles. The zero-order chi connectivity index (χ0) is 24.8. The van der Waals surface area contributed by atoms with Crippen LogP contribution in [0.1, 0.15) is 19.3 Å². The topological polar surface area (TPSA) is 138 Å². The average molecular weight is 488 g/mol. The molecule has 37 heavy (non-hydrogen) atoms. The molecule has 7 rings (SSSR count). The van der Waals surface area contributed by atoms with Crippen LogP contribution in [0.15, 0.2) is 67.5 Å². The van der Waals surface area contributed by atoms with Gasteiger partial charge in [-0.05, 0) is 37.1 Å². The van der Waals surface area contributed by atoms with E-state index in [9.17, 15) is 4.79 Å². The summed E-state index contributed by atoms with van der Waals surface area (Å²) in [5.41, 5.74) is 6.97. The summed E-state index contributed by atoms with van der Waals surface area (Å²) >= 11 is 0. The van der Waals surface area contributed by atoms with E-state index >= 15 is 0 Å². The smallest absolute Gasteiger partial charge is 0.227 e. The zero-order valence-electron chi connectivity index (χ0n) is 19.6. The van der Waals surface area contributed by atoms with Crippen molar-refractivity contribution in [3.05, 3.63) is 67.5 Å². The van der Waals surface area contributed by atoms with E-state index in [4.69, 9.17) is 4.98 Å². The molecule has 0 radical (unpaired) electrons. The van der Waals surface area contributed by atoms with Gasteiger partial charge in [0, 0.05) is 52.8 Å². The van der Waals surface area contributed by atoms with Crippen LogP contribution in [0.25, 0.3) is 56.0 Å². The largest absolute Gasteiger partial charge is 0.335 e. The summed E-state index contributed by atoms with van der Waals surface area (Å²) in [4.78, 5) is 38.1. The van der Waals surface area contributed by atoms with Crippen molar-refractivity contribution in [2.24, 2.45) is 5.92 Å². The second-order valence-corrected chi connectivity index (χ2v) is 9.15. The third-order valence-electron chi connectivity index (χ3n) is 6.81. The first-order valence-corrected chi connectivity index (χ1v) is 12.1. The zero-order valence-corrected chi connectivity index (χ0v) is 19.6. The maximum atomic E-state index is 12.4. The number of hydrogen-bond acceptors (Lipinski definition) is 7. The molecular formula is C27H21N9O. The van der Waals surface area contributed by atoms with Crippen molar-refractivity contribution in [3.8, 4) is 33.9 Å². The Labute approximate surface area is 210 Å². The Morgan fingerprint density at radius 2 is 1.89 bits per heavy atom. The van der Waals surface area contributed by atoms with Crippen LogP contribution in [0.4, 0.5) is 5.69 Å².